The van der Waals surface area contributed by atoms with Gasteiger partial charge < -0.3 is 10.1 Å². The highest BCUT2D eigenvalue weighted by Crippen LogP contribution is 2.42. The van der Waals surface area contributed by atoms with Gasteiger partial charge >= 0.3 is 0 Å². The van der Waals surface area contributed by atoms with Crippen LogP contribution in [-0.2, 0) is 6.61 Å². The molecule has 4 heteroatoms. The summed E-state index contributed by atoms with van der Waals surface area (Å²) in [5.41, 5.74) is 2.20. The first-order valence-corrected chi connectivity index (χ1v) is 7.74. The van der Waals surface area contributed by atoms with E-state index >= 15 is 0 Å². The van der Waals surface area contributed by atoms with Crippen LogP contribution in [0.15, 0.2) is 30.3 Å². The van der Waals surface area contributed by atoms with Crippen LogP contribution in [0.5, 0.6) is 5.75 Å². The molecule has 20 heavy (non-hydrogen) atoms. The van der Waals surface area contributed by atoms with E-state index < -0.39 is 0 Å². The Balaban J connectivity index is 1.85. The molecule has 1 aromatic heterocycles. The fraction of sp³-hybridized carbons (Fsp3) is 0.312. The number of amides is 1. The van der Waals surface area contributed by atoms with Gasteiger partial charge in [-0.25, -0.2) is 0 Å². The molecule has 0 saturated carbocycles. The number of fused-ring (bicyclic) bond motifs is 3. The average Bonchev–Trinajstić information content (AvgIpc) is 2.92. The molecule has 0 unspecified atom stereocenters. The fourth-order valence-corrected chi connectivity index (χ4v) is 3.39. The summed E-state index contributed by atoms with van der Waals surface area (Å²) in [6, 6.07) is 9.94. The minimum atomic E-state index is 0.0235. The SMILES string of the molecule is CCCCNC(=O)c1cc2c(s1)-c1ccccc1OC2. The van der Waals surface area contributed by atoms with Gasteiger partial charge in [0.05, 0.1) is 4.88 Å². The van der Waals surface area contributed by atoms with Crippen LogP contribution in [0.4, 0.5) is 0 Å². The van der Waals surface area contributed by atoms with E-state index in [1.165, 1.54) is 0 Å². The molecule has 0 aliphatic carbocycles. The summed E-state index contributed by atoms with van der Waals surface area (Å²) in [6.07, 6.45) is 2.10. The third kappa shape index (κ3) is 2.43. The number of unbranched alkanes of at least 4 members (excludes halogenated alkanes) is 1. The van der Waals surface area contributed by atoms with Gasteiger partial charge in [-0.3, -0.25) is 4.79 Å². The molecule has 0 atom stereocenters. The van der Waals surface area contributed by atoms with Crippen LogP contribution in [-0.4, -0.2) is 12.5 Å². The molecule has 0 radical (unpaired) electrons. The molecule has 3 rings (SSSR count). The van der Waals surface area contributed by atoms with Crippen LogP contribution in [0, 0.1) is 0 Å². The summed E-state index contributed by atoms with van der Waals surface area (Å²) in [5.74, 6) is 0.926. The summed E-state index contributed by atoms with van der Waals surface area (Å²) in [5, 5.41) is 2.96. The lowest BCUT2D eigenvalue weighted by atomic mass is 10.1. The topological polar surface area (TPSA) is 38.3 Å². The van der Waals surface area contributed by atoms with Gasteiger partial charge in [-0.1, -0.05) is 25.5 Å². The summed E-state index contributed by atoms with van der Waals surface area (Å²) in [7, 11) is 0. The van der Waals surface area contributed by atoms with E-state index in [2.05, 4.69) is 12.2 Å². The van der Waals surface area contributed by atoms with Crippen molar-refractivity contribution in [1.29, 1.82) is 0 Å². The largest absolute Gasteiger partial charge is 0.488 e. The van der Waals surface area contributed by atoms with Crippen molar-refractivity contribution in [3.8, 4) is 16.2 Å². The summed E-state index contributed by atoms with van der Waals surface area (Å²) < 4.78 is 5.72. The third-order valence-corrected chi connectivity index (χ3v) is 4.57. The van der Waals surface area contributed by atoms with Gasteiger partial charge in [0.1, 0.15) is 12.4 Å². The van der Waals surface area contributed by atoms with E-state index in [-0.39, 0.29) is 5.91 Å². The molecule has 0 spiro atoms. The van der Waals surface area contributed by atoms with Crippen molar-refractivity contribution in [1.82, 2.24) is 5.32 Å². The molecule has 1 aromatic carbocycles. The highest BCUT2D eigenvalue weighted by Gasteiger charge is 2.22. The van der Waals surface area contributed by atoms with E-state index in [4.69, 9.17) is 4.74 Å². The Bertz CT molecular complexity index is 633. The lowest BCUT2D eigenvalue weighted by molar-refractivity contribution is 0.0957. The molecular weight excluding hydrogens is 270 g/mol. The molecular formula is C16H17NO2S. The molecule has 0 fully saturated rings. The van der Waals surface area contributed by atoms with E-state index in [1.54, 1.807) is 11.3 Å². The fourth-order valence-electron chi connectivity index (χ4n) is 2.28. The summed E-state index contributed by atoms with van der Waals surface area (Å²) in [4.78, 5) is 14.0. The first-order chi connectivity index (χ1) is 9.79. The van der Waals surface area contributed by atoms with E-state index in [0.29, 0.717) is 6.61 Å². The number of ether oxygens (including phenoxy) is 1. The number of carbonyl (C=O) groups is 1. The van der Waals surface area contributed by atoms with Gasteiger partial charge in [-0.05, 0) is 24.6 Å². The molecule has 2 heterocycles. The Labute approximate surface area is 122 Å². The number of rotatable bonds is 4. The van der Waals surface area contributed by atoms with Crippen molar-refractivity contribution in [3.63, 3.8) is 0 Å². The Kier molecular flexibility index (Phi) is 3.74. The van der Waals surface area contributed by atoms with Crippen molar-refractivity contribution in [2.75, 3.05) is 6.54 Å². The summed E-state index contributed by atoms with van der Waals surface area (Å²) in [6.45, 7) is 3.40. The molecule has 1 amide bonds. The minimum absolute atomic E-state index is 0.0235. The molecule has 3 nitrogen and oxygen atoms in total. The predicted octanol–water partition coefficient (Wildman–Crippen LogP) is 3.84. The van der Waals surface area contributed by atoms with Crippen LogP contribution in [0.1, 0.15) is 35.0 Å². The molecule has 1 aliphatic rings. The highest BCUT2D eigenvalue weighted by atomic mass is 32.1. The maximum Gasteiger partial charge on any atom is 0.261 e. The molecule has 0 bridgehead atoms. The van der Waals surface area contributed by atoms with Crippen molar-refractivity contribution in [2.24, 2.45) is 0 Å². The molecule has 1 N–H and O–H groups in total. The van der Waals surface area contributed by atoms with Crippen molar-refractivity contribution in [2.45, 2.75) is 26.4 Å². The smallest absolute Gasteiger partial charge is 0.261 e. The van der Waals surface area contributed by atoms with Crippen LogP contribution in [0.25, 0.3) is 10.4 Å². The second-order valence-corrected chi connectivity index (χ2v) is 5.91. The Morgan fingerprint density at radius 2 is 2.25 bits per heavy atom. The second-order valence-electron chi connectivity index (χ2n) is 4.86. The lowest BCUT2D eigenvalue weighted by Crippen LogP contribution is -2.23. The Morgan fingerprint density at radius 3 is 3.10 bits per heavy atom. The van der Waals surface area contributed by atoms with Gasteiger partial charge in [-0.2, -0.15) is 0 Å². The van der Waals surface area contributed by atoms with Crippen LogP contribution in [0.3, 0.4) is 0 Å². The van der Waals surface area contributed by atoms with Gasteiger partial charge in [0, 0.05) is 22.5 Å². The Hall–Kier alpha value is -1.81. The minimum Gasteiger partial charge on any atom is -0.488 e. The van der Waals surface area contributed by atoms with Crippen LogP contribution in [0.2, 0.25) is 0 Å². The van der Waals surface area contributed by atoms with Gasteiger partial charge in [0.25, 0.3) is 5.91 Å². The van der Waals surface area contributed by atoms with Gasteiger partial charge in [-0.15, -0.1) is 11.3 Å². The molecule has 2 aromatic rings. The van der Waals surface area contributed by atoms with Crippen LogP contribution >= 0.6 is 11.3 Å². The maximum atomic E-state index is 12.1. The average molecular weight is 287 g/mol. The van der Waals surface area contributed by atoms with E-state index in [0.717, 1.165) is 46.0 Å². The quantitative estimate of drug-likeness (QED) is 0.868. The zero-order valence-corrected chi connectivity index (χ0v) is 12.3. The number of nitrogens with one attached hydrogen (secondary N) is 1. The molecule has 104 valence electrons. The van der Waals surface area contributed by atoms with Crippen molar-refractivity contribution >= 4 is 17.2 Å². The number of hydrogen-bond acceptors (Lipinski definition) is 3. The number of hydrogen-bond donors (Lipinski definition) is 1. The highest BCUT2D eigenvalue weighted by molar-refractivity contribution is 7.17. The Morgan fingerprint density at radius 1 is 1.40 bits per heavy atom. The monoisotopic (exact) mass is 287 g/mol. The van der Waals surface area contributed by atoms with E-state index in [1.807, 2.05) is 30.3 Å². The normalized spacial score (nSPS) is 12.2. The number of carbonyl (C=O) groups excluding carboxylic acids is 1. The number of thiophene rings is 1. The van der Waals surface area contributed by atoms with E-state index in [9.17, 15) is 4.79 Å². The zero-order valence-electron chi connectivity index (χ0n) is 11.4. The predicted molar refractivity (Wildman–Crippen MR) is 81.3 cm³/mol. The molecule has 0 saturated heterocycles. The zero-order chi connectivity index (χ0) is 13.9. The molecule has 1 aliphatic heterocycles. The lowest BCUT2D eigenvalue weighted by Gasteiger charge is -2.16. The van der Waals surface area contributed by atoms with Crippen LogP contribution < -0.4 is 10.1 Å². The maximum absolute atomic E-state index is 12.1. The summed E-state index contributed by atoms with van der Waals surface area (Å²) >= 11 is 1.55. The van der Waals surface area contributed by atoms with Crippen molar-refractivity contribution < 1.29 is 9.53 Å². The third-order valence-electron chi connectivity index (χ3n) is 3.36. The number of benzene rings is 1. The van der Waals surface area contributed by atoms with Gasteiger partial charge in [0.15, 0.2) is 0 Å². The first-order valence-electron chi connectivity index (χ1n) is 6.92. The second kappa shape index (κ2) is 5.67. The van der Waals surface area contributed by atoms with Gasteiger partial charge in [0.2, 0.25) is 0 Å². The standard InChI is InChI=1S/C16H17NO2S/c1-2-3-8-17-16(18)14-9-11-10-19-13-7-5-4-6-12(13)15(11)20-14/h4-7,9H,2-3,8,10H2,1H3,(H,17,18). The number of para-hydroxylation sites is 1. The van der Waals surface area contributed by atoms with Crippen molar-refractivity contribution in [3.05, 3.63) is 40.8 Å². The first kappa shape index (κ1) is 13.2.